The highest BCUT2D eigenvalue weighted by atomic mass is 16.4. The van der Waals surface area contributed by atoms with Crippen LogP contribution in [0.4, 0.5) is 17.1 Å². The topological polar surface area (TPSA) is 108 Å². The van der Waals surface area contributed by atoms with Gasteiger partial charge in [-0.25, -0.2) is 0 Å². The zero-order valence-corrected chi connectivity index (χ0v) is 19.8. The lowest BCUT2D eigenvalue weighted by molar-refractivity contribution is -0.137. The number of carboxylic acids is 1. The molecule has 0 saturated heterocycles. The summed E-state index contributed by atoms with van der Waals surface area (Å²) in [5.74, 6) is -1.48. The predicted molar refractivity (Wildman–Crippen MR) is 137 cm³/mol. The van der Waals surface area contributed by atoms with E-state index in [0.717, 1.165) is 33.6 Å². The van der Waals surface area contributed by atoms with E-state index in [4.69, 9.17) is 5.11 Å². The van der Waals surface area contributed by atoms with E-state index in [0.29, 0.717) is 12.2 Å². The summed E-state index contributed by atoms with van der Waals surface area (Å²) in [6.07, 6.45) is 0.216. The van der Waals surface area contributed by atoms with Crippen LogP contribution in [0.1, 0.15) is 47.4 Å². The molecule has 0 fully saturated rings. The lowest BCUT2D eigenvalue weighted by Crippen LogP contribution is -2.23. The van der Waals surface area contributed by atoms with Gasteiger partial charge in [-0.1, -0.05) is 49.4 Å². The van der Waals surface area contributed by atoms with Crippen molar-refractivity contribution in [3.63, 3.8) is 0 Å². The first kappa shape index (κ1) is 24.0. The molecule has 2 amide bonds. The summed E-state index contributed by atoms with van der Waals surface area (Å²) >= 11 is 0. The number of para-hydroxylation sites is 1. The van der Waals surface area contributed by atoms with Gasteiger partial charge < -0.3 is 21.1 Å². The maximum atomic E-state index is 12.9. The van der Waals surface area contributed by atoms with Gasteiger partial charge in [-0.05, 0) is 59.4 Å². The molecule has 0 radical (unpaired) electrons. The molecule has 3 aromatic rings. The summed E-state index contributed by atoms with van der Waals surface area (Å²) in [4.78, 5) is 36.5. The summed E-state index contributed by atoms with van der Waals surface area (Å²) in [7, 11) is 0. The van der Waals surface area contributed by atoms with Crippen LogP contribution in [0.5, 0.6) is 0 Å². The van der Waals surface area contributed by atoms with Crippen molar-refractivity contribution in [3.05, 3.63) is 89.0 Å². The Morgan fingerprint density at radius 1 is 1.03 bits per heavy atom. The number of aliphatic carboxylic acids is 1. The van der Waals surface area contributed by atoms with Gasteiger partial charge in [-0.2, -0.15) is 0 Å². The van der Waals surface area contributed by atoms with Gasteiger partial charge in [0, 0.05) is 23.6 Å². The number of carboxylic acid groups (broad SMARTS) is 1. The van der Waals surface area contributed by atoms with Crippen molar-refractivity contribution >= 4 is 34.8 Å². The molecule has 2 atom stereocenters. The van der Waals surface area contributed by atoms with Gasteiger partial charge in [0.1, 0.15) is 0 Å². The minimum atomic E-state index is -0.855. The Morgan fingerprint density at radius 2 is 1.83 bits per heavy atom. The largest absolute Gasteiger partial charge is 0.481 e. The summed E-state index contributed by atoms with van der Waals surface area (Å²) in [6.45, 7) is 4.32. The summed E-state index contributed by atoms with van der Waals surface area (Å²) in [5, 5.41) is 18.2. The van der Waals surface area contributed by atoms with Crippen molar-refractivity contribution in [2.24, 2.45) is 0 Å². The number of hydrogen-bond donors (Lipinski definition) is 4. The van der Waals surface area contributed by atoms with Gasteiger partial charge in [0.05, 0.1) is 18.8 Å². The van der Waals surface area contributed by atoms with Gasteiger partial charge in [-0.15, -0.1) is 0 Å². The fourth-order valence-corrected chi connectivity index (χ4v) is 4.41. The first-order chi connectivity index (χ1) is 16.8. The number of nitrogens with one attached hydrogen (secondary N) is 3. The lowest BCUT2D eigenvalue weighted by atomic mass is 9.97. The van der Waals surface area contributed by atoms with E-state index in [2.05, 4.69) is 16.0 Å². The van der Waals surface area contributed by atoms with E-state index in [1.807, 2.05) is 74.5 Å². The quantitative estimate of drug-likeness (QED) is 0.374. The maximum Gasteiger partial charge on any atom is 0.303 e. The fraction of sp³-hybridized carbons (Fsp3) is 0.250. The highest BCUT2D eigenvalue weighted by Crippen LogP contribution is 2.32. The molecular weight excluding hydrogens is 442 g/mol. The second-order valence-corrected chi connectivity index (χ2v) is 9.01. The van der Waals surface area contributed by atoms with Crippen molar-refractivity contribution < 1.29 is 19.5 Å². The average Bonchev–Trinajstić information content (AvgIpc) is 3.25. The van der Waals surface area contributed by atoms with E-state index >= 15 is 0 Å². The van der Waals surface area contributed by atoms with Crippen molar-refractivity contribution in [2.45, 2.75) is 38.5 Å². The number of carbonyl (C=O) groups is 3. The van der Waals surface area contributed by atoms with E-state index in [1.165, 1.54) is 0 Å². The molecule has 3 aromatic carbocycles. The SMILES string of the molecule is Cc1cc(CC(=O)Nc2cccc(C(C)CC(=O)O)c2)ccc1NC(=O)C1CNc2ccccc21. The van der Waals surface area contributed by atoms with Crippen LogP contribution >= 0.6 is 0 Å². The Morgan fingerprint density at radius 3 is 2.60 bits per heavy atom. The number of amides is 2. The molecular formula is C28H29N3O4. The monoisotopic (exact) mass is 471 g/mol. The van der Waals surface area contributed by atoms with E-state index in [9.17, 15) is 14.4 Å². The molecule has 4 N–H and O–H groups in total. The third-order valence-corrected chi connectivity index (χ3v) is 6.28. The molecule has 0 spiro atoms. The van der Waals surface area contributed by atoms with Crippen LogP contribution in [-0.4, -0.2) is 29.4 Å². The lowest BCUT2D eigenvalue weighted by Gasteiger charge is -2.14. The van der Waals surface area contributed by atoms with Crippen LogP contribution in [0, 0.1) is 6.92 Å². The molecule has 1 heterocycles. The molecule has 180 valence electrons. The molecule has 1 aliphatic rings. The van der Waals surface area contributed by atoms with Gasteiger partial charge in [0.2, 0.25) is 11.8 Å². The van der Waals surface area contributed by atoms with Crippen LogP contribution in [0.15, 0.2) is 66.7 Å². The maximum absolute atomic E-state index is 12.9. The number of rotatable bonds is 8. The molecule has 4 rings (SSSR count). The normalized spacial score (nSPS) is 15.0. The smallest absolute Gasteiger partial charge is 0.303 e. The fourth-order valence-electron chi connectivity index (χ4n) is 4.41. The van der Waals surface area contributed by atoms with Crippen LogP contribution in [0.25, 0.3) is 0 Å². The third kappa shape index (κ3) is 5.87. The summed E-state index contributed by atoms with van der Waals surface area (Å²) in [6, 6.07) is 20.7. The number of fused-ring (bicyclic) bond motifs is 1. The van der Waals surface area contributed by atoms with Crippen molar-refractivity contribution in [3.8, 4) is 0 Å². The number of carbonyl (C=O) groups excluding carboxylic acids is 2. The molecule has 0 aliphatic carbocycles. The van der Waals surface area contributed by atoms with Crippen molar-refractivity contribution in [1.29, 1.82) is 0 Å². The van der Waals surface area contributed by atoms with Gasteiger partial charge in [-0.3, -0.25) is 14.4 Å². The number of anilines is 3. The summed E-state index contributed by atoms with van der Waals surface area (Å²) < 4.78 is 0. The zero-order valence-electron chi connectivity index (χ0n) is 19.8. The molecule has 0 aromatic heterocycles. The highest BCUT2D eigenvalue weighted by molar-refractivity contribution is 5.99. The van der Waals surface area contributed by atoms with Crippen LogP contribution < -0.4 is 16.0 Å². The van der Waals surface area contributed by atoms with Gasteiger partial charge in [0.25, 0.3) is 0 Å². The predicted octanol–water partition coefficient (Wildman–Crippen LogP) is 4.90. The zero-order chi connectivity index (χ0) is 24.9. The number of benzene rings is 3. The first-order valence-electron chi connectivity index (χ1n) is 11.6. The Kier molecular flexibility index (Phi) is 7.15. The second kappa shape index (κ2) is 10.4. The Bertz CT molecular complexity index is 1270. The number of hydrogen-bond acceptors (Lipinski definition) is 4. The van der Waals surface area contributed by atoms with Crippen molar-refractivity contribution in [1.82, 2.24) is 0 Å². The molecule has 0 bridgehead atoms. The third-order valence-electron chi connectivity index (χ3n) is 6.28. The molecule has 7 nitrogen and oxygen atoms in total. The molecule has 1 aliphatic heterocycles. The first-order valence-corrected chi connectivity index (χ1v) is 11.6. The van der Waals surface area contributed by atoms with Gasteiger partial charge >= 0.3 is 5.97 Å². The molecule has 35 heavy (non-hydrogen) atoms. The standard InChI is InChI=1S/C28H29N3O4/c1-17(13-27(33)34)20-6-5-7-21(15-20)30-26(32)14-19-10-11-24(18(2)12-19)31-28(35)23-16-29-25-9-4-3-8-22(23)25/h3-12,15,17,23,29H,13-14,16H2,1-2H3,(H,30,32)(H,31,35)(H,33,34). The highest BCUT2D eigenvalue weighted by Gasteiger charge is 2.28. The Labute approximate surface area is 204 Å². The second-order valence-electron chi connectivity index (χ2n) is 9.01. The van der Waals surface area contributed by atoms with Crippen LogP contribution in [0.2, 0.25) is 0 Å². The average molecular weight is 472 g/mol. The Hall–Kier alpha value is -4.13. The van der Waals surface area contributed by atoms with E-state index < -0.39 is 5.97 Å². The van der Waals surface area contributed by atoms with Crippen molar-refractivity contribution in [2.75, 3.05) is 22.5 Å². The number of aryl methyl sites for hydroxylation is 1. The molecule has 2 unspecified atom stereocenters. The van der Waals surface area contributed by atoms with E-state index in [-0.39, 0.29) is 36.5 Å². The minimum absolute atomic E-state index is 0.0311. The summed E-state index contributed by atoms with van der Waals surface area (Å²) in [5.41, 5.74) is 5.93. The van der Waals surface area contributed by atoms with Crippen LogP contribution in [-0.2, 0) is 20.8 Å². The minimum Gasteiger partial charge on any atom is -0.481 e. The van der Waals surface area contributed by atoms with Crippen LogP contribution in [0.3, 0.4) is 0 Å². The molecule has 0 saturated carbocycles. The molecule has 7 heteroatoms. The van der Waals surface area contributed by atoms with Gasteiger partial charge in [0.15, 0.2) is 0 Å². The van der Waals surface area contributed by atoms with E-state index in [1.54, 1.807) is 6.07 Å². The Balaban J connectivity index is 1.36.